The molecule has 5 heteroatoms. The van der Waals surface area contributed by atoms with Gasteiger partial charge in [0.2, 0.25) is 0 Å². The van der Waals surface area contributed by atoms with Crippen molar-refractivity contribution in [2.24, 2.45) is 0 Å². The van der Waals surface area contributed by atoms with Crippen LogP contribution in [0, 0.1) is 0 Å². The first-order chi connectivity index (χ1) is 23.1. The number of para-hydroxylation sites is 3. The Balaban J connectivity index is 1.40. The Kier molecular flexibility index (Phi) is 8.53. The standard InChI is InChI=1S/C42H37BN4/c1-4-17-33(28-31(2)3)39-30-38(32-18-8-5-9-19-32)44-42(45-39)34-20-16-25-37(29-34)47-41-27-15-14-26-40(41)46(36-23-12-7-13-24-36)43(47)35-21-10-6-11-22-35/h4-10,12-21,23-30H,2,11,22H2,1,3H3. The van der Waals surface area contributed by atoms with Crippen LogP contribution in [0.3, 0.4) is 0 Å². The second-order valence-electron chi connectivity index (χ2n) is 12.0. The van der Waals surface area contributed by atoms with Crippen molar-refractivity contribution in [2.45, 2.75) is 26.7 Å². The summed E-state index contributed by atoms with van der Waals surface area (Å²) in [5.74, 6) is 0.684. The molecule has 0 saturated carbocycles. The molecular formula is C42H37BN4. The molecule has 0 atom stereocenters. The maximum Gasteiger partial charge on any atom is 0.416 e. The Morgan fingerprint density at radius 1 is 0.766 bits per heavy atom. The number of hydrogen-bond donors (Lipinski definition) is 0. The molecular weight excluding hydrogens is 571 g/mol. The summed E-state index contributed by atoms with van der Waals surface area (Å²) in [4.78, 5) is 15.3. The lowest BCUT2D eigenvalue weighted by molar-refractivity contribution is 1.00. The van der Waals surface area contributed by atoms with Crippen LogP contribution in [0.25, 0.3) is 28.2 Å². The topological polar surface area (TPSA) is 32.3 Å². The lowest BCUT2D eigenvalue weighted by atomic mass is 9.61. The maximum atomic E-state index is 5.16. The van der Waals surface area contributed by atoms with Gasteiger partial charge in [-0.1, -0.05) is 127 Å². The van der Waals surface area contributed by atoms with Gasteiger partial charge in [-0.3, -0.25) is 0 Å². The highest BCUT2D eigenvalue weighted by molar-refractivity contribution is 6.79. The number of allylic oxidation sites excluding steroid dienone is 9. The molecule has 1 aliphatic carbocycles. The van der Waals surface area contributed by atoms with Gasteiger partial charge >= 0.3 is 6.98 Å². The van der Waals surface area contributed by atoms with Gasteiger partial charge in [-0.2, -0.15) is 0 Å². The van der Waals surface area contributed by atoms with Crippen LogP contribution in [0.2, 0.25) is 0 Å². The minimum Gasteiger partial charge on any atom is -0.360 e. The molecule has 0 fully saturated rings. The zero-order valence-electron chi connectivity index (χ0n) is 26.9. The van der Waals surface area contributed by atoms with E-state index in [1.165, 1.54) is 22.5 Å². The van der Waals surface area contributed by atoms with Crippen molar-refractivity contribution >= 4 is 35.3 Å². The number of anilines is 4. The van der Waals surface area contributed by atoms with E-state index < -0.39 is 0 Å². The molecule has 1 aromatic heterocycles. The zero-order chi connectivity index (χ0) is 32.2. The van der Waals surface area contributed by atoms with Crippen molar-refractivity contribution in [1.29, 1.82) is 0 Å². The predicted molar refractivity (Wildman–Crippen MR) is 200 cm³/mol. The van der Waals surface area contributed by atoms with Crippen molar-refractivity contribution in [3.05, 3.63) is 175 Å². The first-order valence-corrected chi connectivity index (χ1v) is 16.2. The number of nitrogens with zero attached hydrogens (tertiary/aromatic N) is 4. The van der Waals surface area contributed by atoms with Gasteiger partial charge < -0.3 is 9.62 Å². The molecule has 0 unspecified atom stereocenters. The number of aromatic nitrogens is 2. The van der Waals surface area contributed by atoms with E-state index in [-0.39, 0.29) is 6.98 Å². The molecule has 5 aromatic rings. The van der Waals surface area contributed by atoms with Crippen LogP contribution < -0.4 is 9.62 Å². The molecule has 2 aliphatic rings. The predicted octanol–water partition coefficient (Wildman–Crippen LogP) is 10.9. The third-order valence-electron chi connectivity index (χ3n) is 8.52. The summed E-state index contributed by atoms with van der Waals surface area (Å²) in [5.41, 5.74) is 11.7. The van der Waals surface area contributed by atoms with E-state index in [9.17, 15) is 0 Å². The van der Waals surface area contributed by atoms with Crippen LogP contribution in [-0.4, -0.2) is 17.0 Å². The van der Waals surface area contributed by atoms with Gasteiger partial charge in [-0.05, 0) is 69.2 Å². The second kappa shape index (κ2) is 13.4. The molecule has 0 bridgehead atoms. The van der Waals surface area contributed by atoms with Gasteiger partial charge in [-0.25, -0.2) is 9.97 Å². The van der Waals surface area contributed by atoms with Crippen molar-refractivity contribution in [1.82, 2.24) is 9.97 Å². The summed E-state index contributed by atoms with van der Waals surface area (Å²) in [6.45, 7) is 8.16. The molecule has 228 valence electrons. The van der Waals surface area contributed by atoms with E-state index in [4.69, 9.17) is 9.97 Å². The Labute approximate surface area is 278 Å². The van der Waals surface area contributed by atoms with Crippen LogP contribution >= 0.6 is 0 Å². The fourth-order valence-electron chi connectivity index (χ4n) is 6.50. The first kappa shape index (κ1) is 30.0. The lowest BCUT2D eigenvalue weighted by Gasteiger charge is -2.32. The molecule has 0 N–H and O–H groups in total. The Hall–Kier alpha value is -5.68. The molecule has 0 saturated heterocycles. The molecule has 0 amide bonds. The van der Waals surface area contributed by atoms with Gasteiger partial charge in [0.15, 0.2) is 5.82 Å². The van der Waals surface area contributed by atoms with Crippen LogP contribution in [0.5, 0.6) is 0 Å². The minimum atomic E-state index is -0.0121. The highest BCUT2D eigenvalue weighted by atomic mass is 15.3. The SMILES string of the molecule is C=C(C)C=C(C=CC)c1cc(-c2ccccc2)nc(-c2cccc(N3B(C4=CC=CCC4)N(c4ccccc4)c4ccccc43)c2)n1. The average Bonchev–Trinajstić information content (AvgIpc) is 3.48. The Morgan fingerprint density at radius 3 is 2.11 bits per heavy atom. The van der Waals surface area contributed by atoms with Gasteiger partial charge in [0.1, 0.15) is 0 Å². The zero-order valence-corrected chi connectivity index (χ0v) is 26.9. The van der Waals surface area contributed by atoms with E-state index in [0.717, 1.165) is 52.2 Å². The number of fused-ring (bicyclic) bond motifs is 1. The fourth-order valence-corrected chi connectivity index (χ4v) is 6.50. The highest BCUT2D eigenvalue weighted by Gasteiger charge is 2.44. The second-order valence-corrected chi connectivity index (χ2v) is 12.0. The van der Waals surface area contributed by atoms with Gasteiger partial charge in [0.25, 0.3) is 0 Å². The number of benzene rings is 4. The fraction of sp³-hybridized carbons (Fsp3) is 0.0952. The molecule has 47 heavy (non-hydrogen) atoms. The average molecular weight is 609 g/mol. The molecule has 1 aliphatic heterocycles. The van der Waals surface area contributed by atoms with Crippen molar-refractivity contribution in [2.75, 3.05) is 9.62 Å². The normalized spacial score (nSPS) is 14.5. The third-order valence-corrected chi connectivity index (χ3v) is 8.52. The summed E-state index contributed by atoms with van der Waals surface area (Å²) in [6.07, 6.45) is 15.0. The van der Waals surface area contributed by atoms with Crippen LogP contribution in [-0.2, 0) is 0 Å². The van der Waals surface area contributed by atoms with Gasteiger partial charge in [-0.15, -0.1) is 0 Å². The molecule has 4 aromatic carbocycles. The molecule has 4 nitrogen and oxygen atoms in total. The van der Waals surface area contributed by atoms with E-state index in [1.54, 1.807) is 0 Å². The summed E-state index contributed by atoms with van der Waals surface area (Å²) < 4.78 is 0. The Bertz CT molecular complexity index is 2040. The summed E-state index contributed by atoms with van der Waals surface area (Å²) in [5, 5.41) is 0. The third kappa shape index (κ3) is 6.13. The summed E-state index contributed by atoms with van der Waals surface area (Å²) in [7, 11) is 0. The molecule has 0 spiro atoms. The van der Waals surface area contributed by atoms with Gasteiger partial charge in [0.05, 0.1) is 22.8 Å². The van der Waals surface area contributed by atoms with Crippen molar-refractivity contribution in [3.63, 3.8) is 0 Å². The van der Waals surface area contributed by atoms with Crippen LogP contribution in [0.15, 0.2) is 169 Å². The summed E-state index contributed by atoms with van der Waals surface area (Å²) >= 11 is 0. The first-order valence-electron chi connectivity index (χ1n) is 16.2. The van der Waals surface area contributed by atoms with E-state index in [0.29, 0.717) is 5.82 Å². The quantitative estimate of drug-likeness (QED) is 0.130. The van der Waals surface area contributed by atoms with Gasteiger partial charge in [0, 0.05) is 28.1 Å². The maximum absolute atomic E-state index is 5.16. The highest BCUT2D eigenvalue weighted by Crippen LogP contribution is 2.48. The molecule has 2 heterocycles. The van der Waals surface area contributed by atoms with E-state index in [2.05, 4.69) is 144 Å². The van der Waals surface area contributed by atoms with Crippen LogP contribution in [0.1, 0.15) is 32.4 Å². The molecule has 7 rings (SSSR count). The Morgan fingerprint density at radius 2 is 1.43 bits per heavy atom. The monoisotopic (exact) mass is 608 g/mol. The van der Waals surface area contributed by atoms with Crippen LogP contribution in [0.4, 0.5) is 22.7 Å². The van der Waals surface area contributed by atoms with Crippen molar-refractivity contribution in [3.8, 4) is 22.6 Å². The lowest BCUT2D eigenvalue weighted by Crippen LogP contribution is -2.45. The van der Waals surface area contributed by atoms with E-state index >= 15 is 0 Å². The smallest absolute Gasteiger partial charge is 0.360 e. The molecule has 0 radical (unpaired) electrons. The van der Waals surface area contributed by atoms with E-state index in [1.807, 2.05) is 38.1 Å². The summed E-state index contributed by atoms with van der Waals surface area (Å²) in [6, 6.07) is 40.5. The minimum absolute atomic E-state index is 0.0121. The number of rotatable bonds is 8. The number of hydrogen-bond acceptors (Lipinski definition) is 4. The largest absolute Gasteiger partial charge is 0.416 e. The van der Waals surface area contributed by atoms with Crippen molar-refractivity contribution < 1.29 is 0 Å².